The number of nitrogens with zero attached hydrogens (tertiary/aromatic N) is 2. The third kappa shape index (κ3) is 3.61. The Bertz CT molecular complexity index is 439. The average molecular weight is 328 g/mol. The highest BCUT2D eigenvalue weighted by atomic mass is 79.9. The van der Waals surface area contributed by atoms with E-state index in [1.807, 2.05) is 13.0 Å². The summed E-state index contributed by atoms with van der Waals surface area (Å²) in [6, 6.07) is 4.14. The summed E-state index contributed by atoms with van der Waals surface area (Å²) in [5.74, 6) is 0. The summed E-state index contributed by atoms with van der Waals surface area (Å²) in [6.07, 6.45) is 1.12. The van der Waals surface area contributed by atoms with E-state index in [2.05, 4.69) is 31.8 Å². The molecule has 0 atom stereocenters. The second-order valence-corrected chi connectivity index (χ2v) is 5.92. The number of aryl methyl sites for hydroxylation is 1. The predicted molar refractivity (Wildman–Crippen MR) is 83.6 cm³/mol. The molecule has 5 heteroatoms. The fraction of sp³-hybridized carbons (Fsp3) is 0.571. The van der Waals surface area contributed by atoms with Crippen molar-refractivity contribution in [3.8, 4) is 0 Å². The number of anilines is 2. The minimum absolute atomic E-state index is 0.241. The quantitative estimate of drug-likeness (QED) is 0.832. The number of halogens is 1. The SMILES string of the molecule is Cc1cc(N2CCCN(CCO)CC2)c(Br)cc1N. The first-order valence-electron chi connectivity index (χ1n) is 6.75. The Morgan fingerprint density at radius 1 is 1.26 bits per heavy atom. The van der Waals surface area contributed by atoms with Gasteiger partial charge < -0.3 is 15.7 Å². The Hall–Kier alpha value is -0.780. The topological polar surface area (TPSA) is 52.7 Å². The standard InChI is InChI=1S/C14H22BrN3O/c1-11-9-14(12(15)10-13(11)16)18-4-2-3-17(5-6-18)7-8-19/h9-10,19H,2-8,16H2,1H3. The number of aliphatic hydroxyl groups is 1. The molecule has 0 unspecified atom stereocenters. The summed E-state index contributed by atoms with van der Waals surface area (Å²) >= 11 is 3.61. The maximum Gasteiger partial charge on any atom is 0.0558 e. The molecule has 1 aromatic carbocycles. The van der Waals surface area contributed by atoms with E-state index in [1.165, 1.54) is 5.69 Å². The molecule has 1 heterocycles. The highest BCUT2D eigenvalue weighted by Crippen LogP contribution is 2.31. The highest BCUT2D eigenvalue weighted by Gasteiger charge is 2.17. The molecule has 3 N–H and O–H groups in total. The summed E-state index contributed by atoms with van der Waals surface area (Å²) < 4.78 is 1.06. The van der Waals surface area contributed by atoms with Crippen molar-refractivity contribution in [1.82, 2.24) is 4.90 Å². The molecular formula is C14H22BrN3O. The molecule has 1 aromatic rings. The zero-order valence-electron chi connectivity index (χ0n) is 11.4. The first kappa shape index (κ1) is 14.6. The molecule has 0 bridgehead atoms. The monoisotopic (exact) mass is 327 g/mol. The lowest BCUT2D eigenvalue weighted by Crippen LogP contribution is -2.32. The predicted octanol–water partition coefficient (Wildman–Crippen LogP) is 1.84. The third-order valence-electron chi connectivity index (χ3n) is 3.68. The smallest absolute Gasteiger partial charge is 0.0558 e. The van der Waals surface area contributed by atoms with Crippen LogP contribution in [0.2, 0.25) is 0 Å². The van der Waals surface area contributed by atoms with Gasteiger partial charge in [0.05, 0.1) is 12.3 Å². The molecular weight excluding hydrogens is 306 g/mol. The van der Waals surface area contributed by atoms with Crippen LogP contribution in [0.3, 0.4) is 0 Å². The van der Waals surface area contributed by atoms with Crippen LogP contribution in [0, 0.1) is 6.92 Å². The van der Waals surface area contributed by atoms with Crippen molar-refractivity contribution in [2.45, 2.75) is 13.3 Å². The van der Waals surface area contributed by atoms with Crippen LogP contribution < -0.4 is 10.6 Å². The van der Waals surface area contributed by atoms with Crippen LogP contribution in [0.5, 0.6) is 0 Å². The summed E-state index contributed by atoms with van der Waals surface area (Å²) in [5.41, 5.74) is 9.09. The van der Waals surface area contributed by atoms with E-state index < -0.39 is 0 Å². The number of aliphatic hydroxyl groups excluding tert-OH is 1. The van der Waals surface area contributed by atoms with E-state index in [-0.39, 0.29) is 6.61 Å². The van der Waals surface area contributed by atoms with Crippen LogP contribution in [-0.4, -0.2) is 49.3 Å². The Kier molecular flexibility index (Phi) is 5.07. The maximum atomic E-state index is 9.03. The maximum absolute atomic E-state index is 9.03. The van der Waals surface area contributed by atoms with Gasteiger partial charge in [-0.15, -0.1) is 0 Å². The Balaban J connectivity index is 2.12. The van der Waals surface area contributed by atoms with Crippen molar-refractivity contribution in [3.05, 3.63) is 22.2 Å². The van der Waals surface area contributed by atoms with Crippen LogP contribution in [0.25, 0.3) is 0 Å². The molecule has 1 saturated heterocycles. The van der Waals surface area contributed by atoms with Crippen LogP contribution in [-0.2, 0) is 0 Å². The summed E-state index contributed by atoms with van der Waals surface area (Å²) in [6.45, 7) is 7.15. The van der Waals surface area contributed by atoms with Gasteiger partial charge in [0.1, 0.15) is 0 Å². The van der Waals surface area contributed by atoms with Gasteiger partial charge in [-0.3, -0.25) is 4.90 Å². The van der Waals surface area contributed by atoms with Gasteiger partial charge in [-0.2, -0.15) is 0 Å². The zero-order chi connectivity index (χ0) is 13.8. The molecule has 1 fully saturated rings. The van der Waals surface area contributed by atoms with E-state index in [0.717, 1.165) is 54.9 Å². The van der Waals surface area contributed by atoms with Gasteiger partial charge in [-0.05, 0) is 53.5 Å². The molecule has 0 aromatic heterocycles. The normalized spacial score (nSPS) is 17.5. The lowest BCUT2D eigenvalue weighted by Gasteiger charge is -2.25. The number of hydrogen-bond acceptors (Lipinski definition) is 4. The van der Waals surface area contributed by atoms with Gasteiger partial charge in [0.15, 0.2) is 0 Å². The molecule has 0 aliphatic carbocycles. The first-order valence-corrected chi connectivity index (χ1v) is 7.55. The molecule has 0 amide bonds. The van der Waals surface area contributed by atoms with Crippen LogP contribution in [0.1, 0.15) is 12.0 Å². The van der Waals surface area contributed by atoms with Crippen LogP contribution in [0.4, 0.5) is 11.4 Å². The number of hydrogen-bond donors (Lipinski definition) is 2. The van der Waals surface area contributed by atoms with Crippen molar-refractivity contribution in [2.24, 2.45) is 0 Å². The molecule has 0 spiro atoms. The molecule has 19 heavy (non-hydrogen) atoms. The van der Waals surface area contributed by atoms with Crippen LogP contribution >= 0.6 is 15.9 Å². The van der Waals surface area contributed by atoms with E-state index >= 15 is 0 Å². The van der Waals surface area contributed by atoms with Gasteiger partial charge >= 0.3 is 0 Å². The van der Waals surface area contributed by atoms with Crippen molar-refractivity contribution in [1.29, 1.82) is 0 Å². The fourth-order valence-electron chi connectivity index (χ4n) is 2.50. The lowest BCUT2D eigenvalue weighted by molar-refractivity contribution is 0.204. The minimum atomic E-state index is 0.241. The first-order chi connectivity index (χ1) is 9.11. The van der Waals surface area contributed by atoms with Crippen LogP contribution in [0.15, 0.2) is 16.6 Å². The van der Waals surface area contributed by atoms with Gasteiger partial charge in [-0.1, -0.05) is 0 Å². The molecule has 4 nitrogen and oxygen atoms in total. The van der Waals surface area contributed by atoms with Gasteiger partial charge in [0.2, 0.25) is 0 Å². The van der Waals surface area contributed by atoms with Gasteiger partial charge in [-0.25, -0.2) is 0 Å². The number of benzene rings is 1. The fourth-order valence-corrected chi connectivity index (χ4v) is 3.11. The van der Waals surface area contributed by atoms with Crippen molar-refractivity contribution in [3.63, 3.8) is 0 Å². The van der Waals surface area contributed by atoms with E-state index in [0.29, 0.717) is 0 Å². The Labute approximate surface area is 123 Å². The van der Waals surface area contributed by atoms with Crippen molar-refractivity contribution in [2.75, 3.05) is 50.0 Å². The number of nitrogens with two attached hydrogens (primary N) is 1. The highest BCUT2D eigenvalue weighted by molar-refractivity contribution is 9.10. The number of nitrogen functional groups attached to an aromatic ring is 1. The van der Waals surface area contributed by atoms with E-state index in [4.69, 9.17) is 10.8 Å². The average Bonchev–Trinajstić information content (AvgIpc) is 2.60. The molecule has 2 rings (SSSR count). The minimum Gasteiger partial charge on any atom is -0.398 e. The molecule has 0 saturated carbocycles. The zero-order valence-corrected chi connectivity index (χ0v) is 13.0. The largest absolute Gasteiger partial charge is 0.398 e. The number of rotatable bonds is 3. The molecule has 1 aliphatic rings. The lowest BCUT2D eigenvalue weighted by atomic mass is 10.1. The Morgan fingerprint density at radius 2 is 2.05 bits per heavy atom. The summed E-state index contributed by atoms with van der Waals surface area (Å²) in [4.78, 5) is 4.71. The summed E-state index contributed by atoms with van der Waals surface area (Å²) in [5, 5.41) is 9.03. The number of β-amino-alcohol motifs (C(OH)–C–C–N with tert-alkyl or cyclic N) is 1. The second kappa shape index (κ2) is 6.59. The third-order valence-corrected chi connectivity index (χ3v) is 4.32. The second-order valence-electron chi connectivity index (χ2n) is 5.07. The van der Waals surface area contributed by atoms with Gasteiger partial charge in [0, 0.05) is 36.3 Å². The van der Waals surface area contributed by atoms with E-state index in [9.17, 15) is 0 Å². The van der Waals surface area contributed by atoms with Crippen molar-refractivity contribution >= 4 is 27.3 Å². The van der Waals surface area contributed by atoms with Crippen molar-refractivity contribution < 1.29 is 5.11 Å². The molecule has 1 aliphatic heterocycles. The van der Waals surface area contributed by atoms with Gasteiger partial charge in [0.25, 0.3) is 0 Å². The Morgan fingerprint density at radius 3 is 2.79 bits per heavy atom. The molecule has 0 radical (unpaired) electrons. The summed E-state index contributed by atoms with van der Waals surface area (Å²) in [7, 11) is 0. The molecule has 106 valence electrons. The van der Waals surface area contributed by atoms with E-state index in [1.54, 1.807) is 0 Å².